The molecule has 1 atom stereocenters. The normalized spacial score (nSPS) is 19.2. The van der Waals surface area contributed by atoms with Crippen LogP contribution in [-0.2, 0) is 11.2 Å². The molecule has 1 aromatic heterocycles. The van der Waals surface area contributed by atoms with Crippen molar-refractivity contribution in [3.63, 3.8) is 0 Å². The molecule has 19 heavy (non-hydrogen) atoms. The summed E-state index contributed by atoms with van der Waals surface area (Å²) >= 11 is 0. The van der Waals surface area contributed by atoms with Gasteiger partial charge < -0.3 is 4.74 Å². The first kappa shape index (κ1) is 13.7. The molecule has 0 saturated carbocycles. The van der Waals surface area contributed by atoms with Crippen molar-refractivity contribution in [1.29, 1.82) is 0 Å². The Balaban J connectivity index is 2.25. The first-order chi connectivity index (χ1) is 8.83. The molecular formula is C13H21N3O3. The summed E-state index contributed by atoms with van der Waals surface area (Å²) in [6.07, 6.45) is 0.969. The molecule has 1 amide bonds. The number of carbonyl (C=O) groups excluding carboxylic acids is 1. The Morgan fingerprint density at radius 3 is 2.68 bits per heavy atom. The number of amides is 1. The highest BCUT2D eigenvalue weighted by Gasteiger charge is 2.34. The molecule has 0 fully saturated rings. The maximum Gasteiger partial charge on any atom is 0.410 e. The number of hydrogen-bond donors (Lipinski definition) is 2. The summed E-state index contributed by atoms with van der Waals surface area (Å²) in [6.45, 7) is 8.04. The largest absolute Gasteiger partial charge is 0.444 e. The Kier molecular flexibility index (Phi) is 3.43. The molecular weight excluding hydrogens is 246 g/mol. The Hall–Kier alpha value is -1.72. The molecule has 1 aromatic rings. The molecule has 0 radical (unpaired) electrons. The van der Waals surface area contributed by atoms with Crippen LogP contribution in [0.4, 0.5) is 4.79 Å². The molecule has 0 bridgehead atoms. The van der Waals surface area contributed by atoms with E-state index in [1.165, 1.54) is 0 Å². The highest BCUT2D eigenvalue weighted by molar-refractivity contribution is 5.69. The van der Waals surface area contributed by atoms with E-state index in [0.717, 1.165) is 17.7 Å². The van der Waals surface area contributed by atoms with Gasteiger partial charge in [0.1, 0.15) is 5.60 Å². The maximum absolute atomic E-state index is 12.2. The van der Waals surface area contributed by atoms with Crippen LogP contribution < -0.4 is 5.56 Å². The second kappa shape index (κ2) is 4.75. The van der Waals surface area contributed by atoms with E-state index in [0.29, 0.717) is 13.0 Å². The lowest BCUT2D eigenvalue weighted by Crippen LogP contribution is -2.43. The topological polar surface area (TPSA) is 78.2 Å². The van der Waals surface area contributed by atoms with Gasteiger partial charge in [-0.2, -0.15) is 0 Å². The molecule has 1 unspecified atom stereocenters. The fraction of sp³-hybridized carbons (Fsp3) is 0.692. The average molecular weight is 267 g/mol. The molecule has 2 N–H and O–H groups in total. The minimum Gasteiger partial charge on any atom is -0.444 e. The summed E-state index contributed by atoms with van der Waals surface area (Å²) in [5, 5.41) is 5.48. The van der Waals surface area contributed by atoms with Gasteiger partial charge in [-0.3, -0.25) is 19.9 Å². The molecule has 0 aromatic carbocycles. The number of H-pyrrole nitrogens is 2. The van der Waals surface area contributed by atoms with Gasteiger partial charge in [-0.25, -0.2) is 4.79 Å². The minimum absolute atomic E-state index is 0.0858. The number of aromatic amines is 2. The fourth-order valence-corrected chi connectivity index (χ4v) is 2.44. The summed E-state index contributed by atoms with van der Waals surface area (Å²) in [6, 6.07) is -0.127. The molecule has 6 heteroatoms. The van der Waals surface area contributed by atoms with E-state index in [1.807, 2.05) is 27.7 Å². The SMILES string of the molecule is CCC1c2[nH][nH]c(=O)c2CCN1C(=O)OC(C)(C)C. The lowest BCUT2D eigenvalue weighted by atomic mass is 9.98. The first-order valence-corrected chi connectivity index (χ1v) is 6.62. The van der Waals surface area contributed by atoms with Crippen molar-refractivity contribution < 1.29 is 9.53 Å². The highest BCUT2D eigenvalue weighted by atomic mass is 16.6. The van der Waals surface area contributed by atoms with Gasteiger partial charge in [0.15, 0.2) is 0 Å². The van der Waals surface area contributed by atoms with Crippen LogP contribution >= 0.6 is 0 Å². The van der Waals surface area contributed by atoms with Gasteiger partial charge in [0.25, 0.3) is 5.56 Å². The Morgan fingerprint density at radius 1 is 1.42 bits per heavy atom. The maximum atomic E-state index is 12.2. The number of ether oxygens (including phenoxy) is 1. The van der Waals surface area contributed by atoms with E-state index < -0.39 is 5.60 Å². The van der Waals surface area contributed by atoms with Crippen molar-refractivity contribution in [2.75, 3.05) is 6.54 Å². The van der Waals surface area contributed by atoms with Crippen molar-refractivity contribution in [3.05, 3.63) is 21.6 Å². The quantitative estimate of drug-likeness (QED) is 0.816. The van der Waals surface area contributed by atoms with Crippen LogP contribution in [0.3, 0.4) is 0 Å². The van der Waals surface area contributed by atoms with Crippen molar-refractivity contribution >= 4 is 6.09 Å². The number of hydrogen-bond acceptors (Lipinski definition) is 3. The molecule has 2 heterocycles. The summed E-state index contributed by atoms with van der Waals surface area (Å²) in [4.78, 5) is 25.5. The van der Waals surface area contributed by atoms with Gasteiger partial charge in [0, 0.05) is 12.1 Å². The molecule has 0 spiro atoms. The van der Waals surface area contributed by atoms with Crippen LogP contribution in [0.15, 0.2) is 4.79 Å². The summed E-state index contributed by atoms with van der Waals surface area (Å²) in [7, 11) is 0. The number of rotatable bonds is 1. The minimum atomic E-state index is -0.513. The first-order valence-electron chi connectivity index (χ1n) is 6.62. The van der Waals surface area contributed by atoms with Crippen molar-refractivity contribution in [3.8, 4) is 0 Å². The van der Waals surface area contributed by atoms with Crippen LogP contribution in [-0.4, -0.2) is 33.3 Å². The Morgan fingerprint density at radius 2 is 2.11 bits per heavy atom. The van der Waals surface area contributed by atoms with E-state index in [-0.39, 0.29) is 17.7 Å². The molecule has 1 aliphatic heterocycles. The smallest absolute Gasteiger partial charge is 0.410 e. The molecule has 106 valence electrons. The number of aromatic nitrogens is 2. The summed E-state index contributed by atoms with van der Waals surface area (Å²) < 4.78 is 5.42. The number of fused-ring (bicyclic) bond motifs is 1. The third-order valence-electron chi connectivity index (χ3n) is 3.24. The highest BCUT2D eigenvalue weighted by Crippen LogP contribution is 2.30. The molecule has 6 nitrogen and oxygen atoms in total. The summed E-state index contributed by atoms with van der Waals surface area (Å²) in [5.41, 5.74) is 0.967. The van der Waals surface area contributed by atoms with E-state index in [1.54, 1.807) is 4.90 Å². The van der Waals surface area contributed by atoms with Crippen molar-refractivity contribution in [2.45, 2.75) is 52.2 Å². The average Bonchev–Trinajstić information content (AvgIpc) is 2.68. The van der Waals surface area contributed by atoms with Crippen LogP contribution in [0.2, 0.25) is 0 Å². The van der Waals surface area contributed by atoms with E-state index in [9.17, 15) is 9.59 Å². The van der Waals surface area contributed by atoms with Crippen molar-refractivity contribution in [1.82, 2.24) is 15.1 Å². The molecule has 1 aliphatic rings. The number of nitrogens with one attached hydrogen (secondary N) is 2. The number of nitrogens with zero attached hydrogens (tertiary/aromatic N) is 1. The van der Waals surface area contributed by atoms with E-state index in [4.69, 9.17) is 4.74 Å². The predicted molar refractivity (Wildman–Crippen MR) is 71.1 cm³/mol. The van der Waals surface area contributed by atoms with Gasteiger partial charge in [-0.15, -0.1) is 0 Å². The second-order valence-electron chi connectivity index (χ2n) is 5.82. The van der Waals surface area contributed by atoms with Gasteiger partial charge in [0.2, 0.25) is 0 Å². The van der Waals surface area contributed by atoms with Gasteiger partial charge in [-0.1, -0.05) is 6.92 Å². The van der Waals surface area contributed by atoms with Crippen LogP contribution in [0, 0.1) is 0 Å². The zero-order valence-electron chi connectivity index (χ0n) is 11.9. The fourth-order valence-electron chi connectivity index (χ4n) is 2.44. The van der Waals surface area contributed by atoms with Gasteiger partial charge >= 0.3 is 6.09 Å². The monoisotopic (exact) mass is 267 g/mol. The Labute approximate surface area is 112 Å². The summed E-state index contributed by atoms with van der Waals surface area (Å²) in [5.74, 6) is 0. The third-order valence-corrected chi connectivity index (χ3v) is 3.24. The van der Waals surface area contributed by atoms with Gasteiger partial charge in [-0.05, 0) is 33.6 Å². The second-order valence-corrected chi connectivity index (χ2v) is 5.82. The zero-order chi connectivity index (χ0) is 14.2. The van der Waals surface area contributed by atoms with Crippen LogP contribution in [0.25, 0.3) is 0 Å². The zero-order valence-corrected chi connectivity index (χ0v) is 11.9. The molecule has 0 saturated heterocycles. The van der Waals surface area contributed by atoms with Gasteiger partial charge in [0.05, 0.1) is 11.7 Å². The predicted octanol–water partition coefficient (Wildman–Crippen LogP) is 1.95. The lowest BCUT2D eigenvalue weighted by molar-refractivity contribution is 0.0132. The lowest BCUT2D eigenvalue weighted by Gasteiger charge is -2.35. The third kappa shape index (κ3) is 2.67. The Bertz CT molecular complexity index is 524. The van der Waals surface area contributed by atoms with Crippen molar-refractivity contribution in [2.24, 2.45) is 0 Å². The molecule has 0 aliphatic carbocycles. The van der Waals surface area contributed by atoms with Crippen LogP contribution in [0.5, 0.6) is 0 Å². The molecule has 2 rings (SSSR count). The van der Waals surface area contributed by atoms with E-state index in [2.05, 4.69) is 10.2 Å². The van der Waals surface area contributed by atoms with E-state index >= 15 is 0 Å². The number of carbonyl (C=O) groups is 1. The van der Waals surface area contributed by atoms with Crippen LogP contribution in [0.1, 0.15) is 51.4 Å². The standard InChI is InChI=1S/C13H21N3O3/c1-5-9-10-8(11(17)15-14-10)6-7-16(9)12(18)19-13(2,3)4/h9H,5-7H2,1-4H3,(H2,14,15,17).